The van der Waals surface area contributed by atoms with Gasteiger partial charge in [-0.1, -0.05) is 13.8 Å². The number of hydrogen-bond acceptors (Lipinski definition) is 5. The molecule has 0 aromatic carbocycles. The molecule has 0 saturated carbocycles. The van der Waals surface area contributed by atoms with Crippen LogP contribution in [-0.4, -0.2) is 25.4 Å². The number of nitrogens with two attached hydrogens (primary N) is 1. The fourth-order valence-electron chi connectivity index (χ4n) is 2.62. The van der Waals surface area contributed by atoms with Crippen molar-refractivity contribution < 1.29 is 4.79 Å². The highest BCUT2D eigenvalue weighted by Crippen LogP contribution is 2.24. The van der Waals surface area contributed by atoms with Crippen molar-refractivity contribution >= 4 is 28.4 Å². The minimum absolute atomic E-state index is 0.0595. The third kappa shape index (κ3) is 2.55. The molecular weight excluding hydrogens is 314 g/mol. The summed E-state index contributed by atoms with van der Waals surface area (Å²) in [5, 5.41) is 2.60. The van der Waals surface area contributed by atoms with Gasteiger partial charge in [0.25, 0.3) is 5.91 Å². The van der Waals surface area contributed by atoms with Gasteiger partial charge in [-0.05, 0) is 30.4 Å². The van der Waals surface area contributed by atoms with Crippen LogP contribution in [0, 0.1) is 0 Å². The van der Waals surface area contributed by atoms with Gasteiger partial charge in [-0.2, -0.15) is 0 Å². The maximum Gasteiger partial charge on any atom is 0.333 e. The Kier molecular flexibility index (Phi) is 3.99. The van der Waals surface area contributed by atoms with Crippen molar-refractivity contribution in [3.05, 3.63) is 39.5 Å². The summed E-state index contributed by atoms with van der Waals surface area (Å²) in [5.74, 6) is -0.0240. The summed E-state index contributed by atoms with van der Waals surface area (Å²) >= 11 is 1.42. The van der Waals surface area contributed by atoms with Crippen molar-refractivity contribution in [3.8, 4) is 5.00 Å². The van der Waals surface area contributed by atoms with Crippen LogP contribution < -0.4 is 11.4 Å². The van der Waals surface area contributed by atoms with E-state index in [1.165, 1.54) is 15.9 Å². The number of thiophene rings is 1. The molecule has 0 aliphatic rings. The molecule has 0 aliphatic carbocycles. The lowest BCUT2D eigenvalue weighted by Gasteiger charge is -2.12. The van der Waals surface area contributed by atoms with E-state index in [1.807, 2.05) is 31.4 Å². The second-order valence-electron chi connectivity index (χ2n) is 5.22. The van der Waals surface area contributed by atoms with Crippen molar-refractivity contribution in [2.45, 2.75) is 32.6 Å². The van der Waals surface area contributed by atoms with Crippen LogP contribution in [0.1, 0.15) is 48.9 Å². The molecule has 3 aromatic heterocycles. The highest BCUT2D eigenvalue weighted by Gasteiger charge is 2.22. The number of carbonyl (C=O) groups excluding carboxylic acids is 1. The summed E-state index contributed by atoms with van der Waals surface area (Å²) in [4.78, 5) is 35.6. The summed E-state index contributed by atoms with van der Waals surface area (Å²) < 4.78 is 1.46. The lowest BCUT2D eigenvalue weighted by molar-refractivity contribution is 0.0996. The summed E-state index contributed by atoms with van der Waals surface area (Å²) in [6.45, 7) is 4.07. The number of H-pyrrole nitrogens is 1. The first-order valence-electron chi connectivity index (χ1n) is 7.43. The number of primary amides is 1. The molecule has 1 amide bonds. The zero-order valence-electron chi connectivity index (χ0n) is 12.9. The van der Waals surface area contributed by atoms with Gasteiger partial charge in [0.1, 0.15) is 16.3 Å². The van der Waals surface area contributed by atoms with E-state index < -0.39 is 5.91 Å². The van der Waals surface area contributed by atoms with Gasteiger partial charge >= 0.3 is 5.69 Å². The van der Waals surface area contributed by atoms with Gasteiger partial charge in [-0.25, -0.2) is 19.3 Å². The van der Waals surface area contributed by atoms with Crippen molar-refractivity contribution in [1.82, 2.24) is 19.5 Å². The monoisotopic (exact) mass is 331 g/mol. The van der Waals surface area contributed by atoms with Crippen LogP contribution >= 0.6 is 11.3 Å². The zero-order valence-corrected chi connectivity index (χ0v) is 13.7. The molecule has 8 heteroatoms. The fourth-order valence-corrected chi connectivity index (χ4v) is 3.35. The lowest BCUT2D eigenvalue weighted by Crippen LogP contribution is -2.17. The largest absolute Gasteiger partial charge is 0.364 e. The topological polar surface area (TPSA) is 107 Å². The van der Waals surface area contributed by atoms with Gasteiger partial charge in [-0.15, -0.1) is 11.3 Å². The molecular formula is C15H17N5O2S. The molecule has 23 heavy (non-hydrogen) atoms. The van der Waals surface area contributed by atoms with E-state index in [4.69, 9.17) is 5.73 Å². The van der Waals surface area contributed by atoms with Crippen LogP contribution in [0.4, 0.5) is 0 Å². The van der Waals surface area contributed by atoms with Gasteiger partial charge in [0.2, 0.25) is 0 Å². The Bertz CT molecular complexity index is 906. The molecule has 0 spiro atoms. The summed E-state index contributed by atoms with van der Waals surface area (Å²) in [6, 6.07) is 3.67. The second-order valence-corrected chi connectivity index (χ2v) is 6.15. The van der Waals surface area contributed by atoms with E-state index in [1.54, 1.807) is 0 Å². The number of aromatic nitrogens is 4. The van der Waals surface area contributed by atoms with Crippen molar-refractivity contribution in [3.63, 3.8) is 0 Å². The third-order valence-electron chi connectivity index (χ3n) is 3.86. The van der Waals surface area contributed by atoms with Crippen LogP contribution in [0.5, 0.6) is 0 Å². The number of amides is 1. The standard InChI is InChI=1S/C15H17N5O2S/c1-3-8(4-2)13-17-10(12(16)21)11-14(19-13)20(15(22)18-11)9-6-5-7-23-9/h5-8H,3-4H2,1-2H3,(H2,16,21)(H,18,22). The molecule has 0 radical (unpaired) electrons. The number of rotatable bonds is 5. The van der Waals surface area contributed by atoms with Crippen LogP contribution in [0.3, 0.4) is 0 Å². The number of nitrogens with one attached hydrogen (secondary N) is 1. The molecule has 0 unspecified atom stereocenters. The summed E-state index contributed by atoms with van der Waals surface area (Å²) in [5.41, 5.74) is 5.83. The van der Waals surface area contributed by atoms with Gasteiger partial charge in [0.05, 0.1) is 0 Å². The molecule has 3 N–H and O–H groups in total. The molecule has 0 fully saturated rings. The summed E-state index contributed by atoms with van der Waals surface area (Å²) in [6.07, 6.45) is 1.68. The molecule has 3 heterocycles. The maximum atomic E-state index is 12.3. The quantitative estimate of drug-likeness (QED) is 0.747. The molecule has 3 aromatic rings. The SMILES string of the molecule is CCC(CC)c1nc(C(N)=O)c2[nH]c(=O)n(-c3cccs3)c2n1. The van der Waals surface area contributed by atoms with Gasteiger partial charge in [0.15, 0.2) is 11.3 Å². The molecule has 0 aliphatic heterocycles. The molecule has 0 bridgehead atoms. The van der Waals surface area contributed by atoms with Gasteiger partial charge < -0.3 is 10.7 Å². The van der Waals surface area contributed by atoms with Crippen molar-refractivity contribution in [1.29, 1.82) is 0 Å². The number of aromatic amines is 1. The number of carbonyl (C=O) groups is 1. The van der Waals surface area contributed by atoms with E-state index in [0.29, 0.717) is 11.5 Å². The van der Waals surface area contributed by atoms with Crippen LogP contribution in [0.15, 0.2) is 22.3 Å². The highest BCUT2D eigenvalue weighted by molar-refractivity contribution is 7.12. The summed E-state index contributed by atoms with van der Waals surface area (Å²) in [7, 11) is 0. The zero-order chi connectivity index (χ0) is 16.6. The predicted molar refractivity (Wildman–Crippen MR) is 89.2 cm³/mol. The maximum absolute atomic E-state index is 12.3. The normalized spacial score (nSPS) is 11.4. The number of hydrogen-bond donors (Lipinski definition) is 2. The fraction of sp³-hybridized carbons (Fsp3) is 0.333. The number of imidazole rings is 1. The molecule has 0 atom stereocenters. The van der Waals surface area contributed by atoms with Crippen LogP contribution in [-0.2, 0) is 0 Å². The highest BCUT2D eigenvalue weighted by atomic mass is 32.1. The van der Waals surface area contributed by atoms with E-state index >= 15 is 0 Å². The van der Waals surface area contributed by atoms with Crippen molar-refractivity contribution in [2.24, 2.45) is 5.73 Å². The first-order valence-corrected chi connectivity index (χ1v) is 8.31. The van der Waals surface area contributed by atoms with Crippen LogP contribution in [0.25, 0.3) is 16.2 Å². The average Bonchev–Trinajstić information content (AvgIpc) is 3.14. The Morgan fingerprint density at radius 3 is 2.70 bits per heavy atom. The van der Waals surface area contributed by atoms with Crippen LogP contribution in [0.2, 0.25) is 0 Å². The van der Waals surface area contributed by atoms with Gasteiger partial charge in [0, 0.05) is 5.92 Å². The molecule has 7 nitrogen and oxygen atoms in total. The van der Waals surface area contributed by atoms with E-state index in [9.17, 15) is 9.59 Å². The Hall–Kier alpha value is -2.48. The Balaban J connectivity index is 2.37. The van der Waals surface area contributed by atoms with E-state index in [2.05, 4.69) is 15.0 Å². The Morgan fingerprint density at radius 1 is 1.39 bits per heavy atom. The Morgan fingerprint density at radius 2 is 2.13 bits per heavy atom. The molecule has 3 rings (SSSR count). The van der Waals surface area contributed by atoms with Gasteiger partial charge in [-0.3, -0.25) is 4.79 Å². The predicted octanol–water partition coefficient (Wildman–Crippen LogP) is 2.17. The Labute approximate surface area is 136 Å². The number of nitrogens with zero attached hydrogens (tertiary/aromatic N) is 3. The first-order chi connectivity index (χ1) is 11.1. The first kappa shape index (κ1) is 15.4. The molecule has 120 valence electrons. The molecule has 0 saturated heterocycles. The third-order valence-corrected chi connectivity index (χ3v) is 4.72. The lowest BCUT2D eigenvalue weighted by atomic mass is 10.0. The van der Waals surface area contributed by atoms with E-state index in [-0.39, 0.29) is 22.8 Å². The second kappa shape index (κ2) is 5.96. The minimum Gasteiger partial charge on any atom is -0.364 e. The van der Waals surface area contributed by atoms with E-state index in [0.717, 1.165) is 17.8 Å². The van der Waals surface area contributed by atoms with Crippen molar-refractivity contribution in [2.75, 3.05) is 0 Å². The average molecular weight is 331 g/mol. The smallest absolute Gasteiger partial charge is 0.333 e. The minimum atomic E-state index is -0.677. The number of fused-ring (bicyclic) bond motifs is 1.